The Morgan fingerprint density at radius 2 is 2.06 bits per heavy atom. The van der Waals surface area contributed by atoms with Gasteiger partial charge in [0.25, 0.3) is 5.91 Å². The Morgan fingerprint density at radius 3 is 2.81 bits per heavy atom. The Hall–Kier alpha value is -3.56. The van der Waals surface area contributed by atoms with Gasteiger partial charge in [0.05, 0.1) is 16.7 Å². The van der Waals surface area contributed by atoms with Crippen LogP contribution in [0.2, 0.25) is 0 Å². The van der Waals surface area contributed by atoms with Gasteiger partial charge in [-0.1, -0.05) is 12.0 Å². The van der Waals surface area contributed by atoms with E-state index in [4.69, 9.17) is 17.1 Å². The van der Waals surface area contributed by atoms with Gasteiger partial charge in [-0.2, -0.15) is 0 Å². The molecule has 0 radical (unpaired) electrons. The zero-order valence-corrected chi connectivity index (χ0v) is 18.5. The number of imidazole rings is 1. The minimum atomic E-state index is 0.0266. The zero-order valence-electron chi connectivity index (χ0n) is 18.5. The summed E-state index contributed by atoms with van der Waals surface area (Å²) in [6, 6.07) is 14.1. The largest absolute Gasteiger partial charge is 0.338 e. The first-order chi connectivity index (χ1) is 15.5. The lowest BCUT2D eigenvalue weighted by Gasteiger charge is -2.30. The Labute approximate surface area is 187 Å². The van der Waals surface area contributed by atoms with Crippen LogP contribution in [0, 0.1) is 12.3 Å². The maximum atomic E-state index is 13.0. The Balaban J connectivity index is 1.58. The van der Waals surface area contributed by atoms with Crippen molar-refractivity contribution >= 4 is 27.8 Å². The fourth-order valence-corrected chi connectivity index (χ4v) is 4.81. The number of rotatable bonds is 3. The fraction of sp³-hybridized carbons (Fsp3) is 0.308. The van der Waals surface area contributed by atoms with Gasteiger partial charge in [0.2, 0.25) is 0 Å². The first-order valence-electron chi connectivity index (χ1n) is 11.1. The second kappa shape index (κ2) is 7.85. The van der Waals surface area contributed by atoms with E-state index in [2.05, 4.69) is 34.1 Å². The van der Waals surface area contributed by atoms with Crippen molar-refractivity contribution in [2.45, 2.75) is 32.4 Å². The number of hydrogen-bond donors (Lipinski definition) is 1. The second-order valence-electron chi connectivity index (χ2n) is 8.54. The van der Waals surface area contributed by atoms with Gasteiger partial charge in [-0.15, -0.1) is 6.42 Å². The number of carbonyl (C=O) groups excluding carboxylic acids is 1. The van der Waals surface area contributed by atoms with E-state index < -0.39 is 0 Å². The molecule has 1 atom stereocenters. The first kappa shape index (κ1) is 20.3. The van der Waals surface area contributed by atoms with Gasteiger partial charge in [-0.25, -0.2) is 4.98 Å². The Kier molecular flexibility index (Phi) is 4.99. The average Bonchev–Trinajstić information content (AvgIpc) is 3.34. The van der Waals surface area contributed by atoms with E-state index in [0.717, 1.165) is 64.9 Å². The number of aromatic nitrogens is 3. The molecule has 4 aromatic rings. The van der Waals surface area contributed by atoms with Crippen molar-refractivity contribution in [2.24, 2.45) is 12.8 Å². The van der Waals surface area contributed by atoms with Crippen LogP contribution in [0.3, 0.4) is 0 Å². The number of piperidine rings is 1. The van der Waals surface area contributed by atoms with E-state index in [1.165, 1.54) is 0 Å². The van der Waals surface area contributed by atoms with Crippen molar-refractivity contribution in [3.63, 3.8) is 0 Å². The minimum absolute atomic E-state index is 0.0266. The van der Waals surface area contributed by atoms with Crippen molar-refractivity contribution < 1.29 is 4.79 Å². The summed E-state index contributed by atoms with van der Waals surface area (Å²) in [7, 11) is 2.01. The van der Waals surface area contributed by atoms with Gasteiger partial charge in [0.15, 0.2) is 5.82 Å². The highest BCUT2D eigenvalue weighted by atomic mass is 16.2. The highest BCUT2D eigenvalue weighted by Gasteiger charge is 2.23. The Bertz CT molecular complexity index is 1390. The molecule has 3 heterocycles. The molecule has 5 rings (SSSR count). The van der Waals surface area contributed by atoms with Crippen molar-refractivity contribution in [3.05, 3.63) is 53.6 Å². The van der Waals surface area contributed by atoms with Gasteiger partial charge in [0, 0.05) is 54.8 Å². The van der Waals surface area contributed by atoms with Crippen LogP contribution in [-0.2, 0) is 13.6 Å². The molecule has 162 valence electrons. The summed E-state index contributed by atoms with van der Waals surface area (Å²) in [6.07, 6.45) is 7.53. The molecule has 2 aromatic carbocycles. The van der Waals surface area contributed by atoms with Crippen LogP contribution in [0.5, 0.6) is 0 Å². The van der Waals surface area contributed by atoms with Crippen LogP contribution in [0.1, 0.15) is 35.7 Å². The summed E-state index contributed by atoms with van der Waals surface area (Å²) in [5.74, 6) is 3.61. The summed E-state index contributed by atoms with van der Waals surface area (Å²) < 4.78 is 4.32. The summed E-state index contributed by atoms with van der Waals surface area (Å²) in [5, 5.41) is 1.13. The molecule has 2 aromatic heterocycles. The lowest BCUT2D eigenvalue weighted by Crippen LogP contribution is -2.45. The number of benzene rings is 2. The number of terminal acetylenes is 1. The number of nitrogens with zero attached hydrogens (tertiary/aromatic N) is 4. The molecule has 1 amide bonds. The van der Waals surface area contributed by atoms with Crippen LogP contribution in [0.4, 0.5) is 0 Å². The molecular formula is C26H27N5O. The summed E-state index contributed by atoms with van der Waals surface area (Å²) in [6.45, 7) is 4.29. The number of amides is 1. The van der Waals surface area contributed by atoms with Crippen molar-refractivity contribution in [1.29, 1.82) is 0 Å². The predicted octanol–water partition coefficient (Wildman–Crippen LogP) is 3.76. The third-order valence-electron chi connectivity index (χ3n) is 6.49. The highest BCUT2D eigenvalue weighted by molar-refractivity contribution is 5.98. The predicted molar refractivity (Wildman–Crippen MR) is 128 cm³/mol. The van der Waals surface area contributed by atoms with Gasteiger partial charge < -0.3 is 19.8 Å². The van der Waals surface area contributed by atoms with E-state index in [-0.39, 0.29) is 11.9 Å². The van der Waals surface area contributed by atoms with E-state index >= 15 is 0 Å². The van der Waals surface area contributed by atoms with Crippen LogP contribution in [0.15, 0.2) is 42.5 Å². The standard InChI is InChI=1S/C26H27N5O/c1-4-17-8-9-18-15-24(31(5-2)23(18)13-17)25-28-21-14-19(10-11-22(21)29(25)3)26(32)30-12-6-7-20(27)16-30/h1,8-11,13-15,20H,5-7,12,16,27H2,2-3H3/t20-/m1/s1. The van der Waals surface area contributed by atoms with E-state index in [1.807, 2.05) is 42.3 Å². The van der Waals surface area contributed by atoms with Gasteiger partial charge in [-0.05, 0) is 56.2 Å². The van der Waals surface area contributed by atoms with Gasteiger partial charge in [-0.3, -0.25) is 4.79 Å². The first-order valence-corrected chi connectivity index (χ1v) is 11.1. The molecule has 6 nitrogen and oxygen atoms in total. The zero-order chi connectivity index (χ0) is 22.4. The second-order valence-corrected chi connectivity index (χ2v) is 8.54. The molecule has 1 aliphatic rings. The van der Waals surface area contributed by atoms with Crippen LogP contribution < -0.4 is 5.73 Å². The third kappa shape index (κ3) is 3.26. The van der Waals surface area contributed by atoms with Crippen LogP contribution >= 0.6 is 0 Å². The lowest BCUT2D eigenvalue weighted by atomic mass is 10.1. The topological polar surface area (TPSA) is 69.1 Å². The molecule has 0 saturated carbocycles. The SMILES string of the molecule is C#Cc1ccc2cc(-c3nc4cc(C(=O)N5CCC[C@@H](N)C5)ccc4n3C)n(CC)c2c1. The molecule has 0 unspecified atom stereocenters. The van der Waals surface area contributed by atoms with E-state index in [0.29, 0.717) is 12.1 Å². The summed E-state index contributed by atoms with van der Waals surface area (Å²) in [4.78, 5) is 19.8. The van der Waals surface area contributed by atoms with Crippen LogP contribution in [0.25, 0.3) is 33.5 Å². The van der Waals surface area contributed by atoms with Crippen molar-refractivity contribution in [1.82, 2.24) is 19.0 Å². The van der Waals surface area contributed by atoms with Gasteiger partial charge in [0.1, 0.15) is 0 Å². The van der Waals surface area contributed by atoms with E-state index in [9.17, 15) is 4.79 Å². The number of fused-ring (bicyclic) bond motifs is 2. The number of nitrogens with two attached hydrogens (primary N) is 1. The number of carbonyl (C=O) groups is 1. The van der Waals surface area contributed by atoms with Crippen molar-refractivity contribution in [2.75, 3.05) is 13.1 Å². The number of aryl methyl sites for hydroxylation is 2. The molecule has 1 fully saturated rings. The van der Waals surface area contributed by atoms with E-state index in [1.54, 1.807) is 0 Å². The quantitative estimate of drug-likeness (QED) is 0.508. The third-order valence-corrected chi connectivity index (χ3v) is 6.49. The maximum absolute atomic E-state index is 13.0. The summed E-state index contributed by atoms with van der Waals surface area (Å²) in [5.41, 5.74) is 11.5. The molecule has 32 heavy (non-hydrogen) atoms. The maximum Gasteiger partial charge on any atom is 0.253 e. The molecule has 1 saturated heterocycles. The molecule has 1 aliphatic heterocycles. The molecule has 0 spiro atoms. The minimum Gasteiger partial charge on any atom is -0.338 e. The number of likely N-dealkylation sites (tertiary alicyclic amines) is 1. The molecule has 0 bridgehead atoms. The summed E-state index contributed by atoms with van der Waals surface area (Å²) >= 11 is 0. The normalized spacial score (nSPS) is 16.6. The fourth-order valence-electron chi connectivity index (χ4n) is 4.81. The smallest absolute Gasteiger partial charge is 0.253 e. The lowest BCUT2D eigenvalue weighted by molar-refractivity contribution is 0.0709. The van der Waals surface area contributed by atoms with Crippen molar-refractivity contribution in [3.8, 4) is 23.9 Å². The van der Waals surface area contributed by atoms with Gasteiger partial charge >= 0.3 is 0 Å². The highest BCUT2D eigenvalue weighted by Crippen LogP contribution is 2.31. The monoisotopic (exact) mass is 425 g/mol. The molecule has 2 N–H and O–H groups in total. The molecule has 0 aliphatic carbocycles. The average molecular weight is 426 g/mol. The molecular weight excluding hydrogens is 398 g/mol. The van der Waals surface area contributed by atoms with Crippen LogP contribution in [-0.4, -0.2) is 44.1 Å². The molecule has 6 heteroatoms. The number of hydrogen-bond acceptors (Lipinski definition) is 3. The Morgan fingerprint density at radius 1 is 1.22 bits per heavy atom.